The van der Waals surface area contributed by atoms with Gasteiger partial charge in [-0.25, -0.2) is 0 Å². The number of rotatable bonds is 8. The summed E-state index contributed by atoms with van der Waals surface area (Å²) in [6.45, 7) is 8.88. The van der Waals surface area contributed by atoms with Gasteiger partial charge < -0.3 is 9.88 Å². The molecule has 1 N–H and O–H groups in total. The van der Waals surface area contributed by atoms with Crippen LogP contribution in [-0.4, -0.2) is 10.5 Å². The third kappa shape index (κ3) is 5.32. The Bertz CT molecular complexity index is 1130. The lowest BCUT2D eigenvalue weighted by atomic mass is 10.0. The smallest absolute Gasteiger partial charge is 0.261 e. The monoisotopic (exact) mass is 416 g/mol. The van der Waals surface area contributed by atoms with Crippen LogP contribution in [0.15, 0.2) is 59.4 Å². The van der Waals surface area contributed by atoms with Crippen molar-refractivity contribution in [3.05, 3.63) is 87.2 Å². The highest BCUT2D eigenvalue weighted by molar-refractivity contribution is 6.08. The van der Waals surface area contributed by atoms with E-state index in [0.717, 1.165) is 53.9 Å². The van der Waals surface area contributed by atoms with Gasteiger partial charge in [0.05, 0.1) is 5.69 Å². The minimum atomic E-state index is -0.363. The van der Waals surface area contributed by atoms with Crippen LogP contribution in [0.5, 0.6) is 0 Å². The second-order valence-corrected chi connectivity index (χ2v) is 8.22. The van der Waals surface area contributed by atoms with Crippen LogP contribution in [0, 0.1) is 20.8 Å². The molecular weight excluding hydrogens is 384 g/mol. The van der Waals surface area contributed by atoms with Crippen molar-refractivity contribution in [2.75, 3.05) is 5.32 Å². The standard InChI is InChI=1S/C27H32N2O2/c1-5-6-7-10-16-29-21(4)18-24(30)25(26(29)22-14-11-12-19(2)17-22)27(31)28-23-15-9-8-13-20(23)3/h8-9,11-15,17-18H,5-7,10,16H2,1-4H3,(H,28,31). The molecule has 0 aliphatic heterocycles. The number of anilines is 1. The van der Waals surface area contributed by atoms with E-state index in [-0.39, 0.29) is 16.9 Å². The molecular formula is C27H32N2O2. The molecule has 1 amide bonds. The van der Waals surface area contributed by atoms with Gasteiger partial charge in [-0.05, 0) is 50.5 Å². The highest BCUT2D eigenvalue weighted by Crippen LogP contribution is 2.26. The van der Waals surface area contributed by atoms with Gasteiger partial charge in [0.1, 0.15) is 5.56 Å². The molecule has 4 heteroatoms. The van der Waals surface area contributed by atoms with Gasteiger partial charge in [-0.1, -0.05) is 68.1 Å². The summed E-state index contributed by atoms with van der Waals surface area (Å²) in [5, 5.41) is 2.96. The van der Waals surface area contributed by atoms with E-state index in [1.807, 2.05) is 69.3 Å². The number of unbranched alkanes of at least 4 members (excludes halogenated alkanes) is 3. The van der Waals surface area contributed by atoms with Crippen molar-refractivity contribution < 1.29 is 4.79 Å². The Morgan fingerprint density at radius 3 is 2.42 bits per heavy atom. The number of hydrogen-bond acceptors (Lipinski definition) is 2. The normalized spacial score (nSPS) is 10.8. The Hall–Kier alpha value is -3.14. The third-order valence-corrected chi connectivity index (χ3v) is 5.67. The number of nitrogens with one attached hydrogen (secondary N) is 1. The van der Waals surface area contributed by atoms with Crippen LogP contribution in [0.4, 0.5) is 5.69 Å². The van der Waals surface area contributed by atoms with Crippen molar-refractivity contribution in [2.24, 2.45) is 0 Å². The highest BCUT2D eigenvalue weighted by Gasteiger charge is 2.22. The molecule has 2 aromatic carbocycles. The van der Waals surface area contributed by atoms with Crippen molar-refractivity contribution in [1.82, 2.24) is 4.57 Å². The number of carbonyl (C=O) groups excluding carboxylic acids is 1. The van der Waals surface area contributed by atoms with Crippen LogP contribution in [0.1, 0.15) is 59.8 Å². The first-order valence-electron chi connectivity index (χ1n) is 11.1. The molecule has 4 nitrogen and oxygen atoms in total. The number of hydrogen-bond donors (Lipinski definition) is 1. The average Bonchev–Trinajstić information content (AvgIpc) is 2.73. The average molecular weight is 417 g/mol. The molecule has 0 fully saturated rings. The van der Waals surface area contributed by atoms with Gasteiger partial charge in [0.25, 0.3) is 5.91 Å². The molecule has 0 unspecified atom stereocenters. The van der Waals surface area contributed by atoms with Gasteiger partial charge in [-0.3, -0.25) is 9.59 Å². The molecule has 3 aromatic rings. The van der Waals surface area contributed by atoms with Crippen LogP contribution in [0.3, 0.4) is 0 Å². The summed E-state index contributed by atoms with van der Waals surface area (Å²) in [7, 11) is 0. The molecule has 0 saturated heterocycles. The predicted molar refractivity (Wildman–Crippen MR) is 129 cm³/mol. The number of benzene rings is 2. The first-order valence-corrected chi connectivity index (χ1v) is 11.1. The maximum absolute atomic E-state index is 13.4. The number of aryl methyl sites for hydroxylation is 3. The maximum atomic E-state index is 13.4. The lowest BCUT2D eigenvalue weighted by Crippen LogP contribution is -2.27. The molecule has 162 valence electrons. The zero-order chi connectivity index (χ0) is 22.4. The molecule has 0 aliphatic rings. The van der Waals surface area contributed by atoms with Crippen molar-refractivity contribution in [3.8, 4) is 11.3 Å². The largest absolute Gasteiger partial charge is 0.344 e. The molecule has 31 heavy (non-hydrogen) atoms. The van der Waals surface area contributed by atoms with E-state index >= 15 is 0 Å². The van der Waals surface area contributed by atoms with Crippen LogP contribution < -0.4 is 10.7 Å². The van der Waals surface area contributed by atoms with E-state index in [1.54, 1.807) is 6.07 Å². The van der Waals surface area contributed by atoms with E-state index in [2.05, 4.69) is 16.8 Å². The quantitative estimate of drug-likeness (QED) is 0.440. The molecule has 1 heterocycles. The molecule has 0 saturated carbocycles. The van der Waals surface area contributed by atoms with Crippen LogP contribution in [0.2, 0.25) is 0 Å². The van der Waals surface area contributed by atoms with E-state index < -0.39 is 0 Å². The molecule has 3 rings (SSSR count). The highest BCUT2D eigenvalue weighted by atomic mass is 16.2. The van der Waals surface area contributed by atoms with E-state index in [0.29, 0.717) is 5.69 Å². The predicted octanol–water partition coefficient (Wildman–Crippen LogP) is 6.27. The first-order chi connectivity index (χ1) is 14.9. The summed E-state index contributed by atoms with van der Waals surface area (Å²) in [4.78, 5) is 26.5. The second kappa shape index (κ2) is 10.3. The maximum Gasteiger partial charge on any atom is 0.261 e. The fraction of sp³-hybridized carbons (Fsp3) is 0.333. The Morgan fingerprint density at radius 1 is 0.935 bits per heavy atom. The lowest BCUT2D eigenvalue weighted by Gasteiger charge is -2.21. The SMILES string of the molecule is CCCCCCn1c(C)cc(=O)c(C(=O)Nc2ccccc2C)c1-c1cccc(C)c1. The first kappa shape index (κ1) is 22.5. The van der Waals surface area contributed by atoms with Crippen LogP contribution in [0.25, 0.3) is 11.3 Å². The van der Waals surface area contributed by atoms with Crippen LogP contribution >= 0.6 is 0 Å². The molecule has 0 aliphatic carbocycles. The minimum Gasteiger partial charge on any atom is -0.344 e. The summed E-state index contributed by atoms with van der Waals surface area (Å²) in [6.07, 6.45) is 4.48. The van der Waals surface area contributed by atoms with Gasteiger partial charge in [0, 0.05) is 24.0 Å². The minimum absolute atomic E-state index is 0.204. The summed E-state index contributed by atoms with van der Waals surface area (Å²) in [5.74, 6) is -0.363. The van der Waals surface area contributed by atoms with Crippen molar-refractivity contribution in [1.29, 1.82) is 0 Å². The van der Waals surface area contributed by atoms with Crippen molar-refractivity contribution >= 4 is 11.6 Å². The molecule has 0 radical (unpaired) electrons. The molecule has 0 bridgehead atoms. The zero-order valence-corrected chi connectivity index (χ0v) is 19.0. The summed E-state index contributed by atoms with van der Waals surface area (Å²) in [5.41, 5.74) is 5.21. The Labute approximate surface area is 184 Å². The summed E-state index contributed by atoms with van der Waals surface area (Å²) < 4.78 is 2.14. The second-order valence-electron chi connectivity index (χ2n) is 8.22. The van der Waals surface area contributed by atoms with E-state index in [9.17, 15) is 9.59 Å². The number of carbonyl (C=O) groups is 1. The van der Waals surface area contributed by atoms with Gasteiger partial charge in [-0.2, -0.15) is 0 Å². The van der Waals surface area contributed by atoms with Gasteiger partial charge >= 0.3 is 0 Å². The van der Waals surface area contributed by atoms with Gasteiger partial charge in [0.2, 0.25) is 0 Å². The molecule has 0 spiro atoms. The summed E-state index contributed by atoms with van der Waals surface area (Å²) >= 11 is 0. The topological polar surface area (TPSA) is 51.1 Å². The number of pyridine rings is 1. The zero-order valence-electron chi connectivity index (χ0n) is 19.0. The van der Waals surface area contributed by atoms with Gasteiger partial charge in [0.15, 0.2) is 5.43 Å². The number of aromatic nitrogens is 1. The van der Waals surface area contributed by atoms with Crippen LogP contribution in [-0.2, 0) is 6.54 Å². The third-order valence-electron chi connectivity index (χ3n) is 5.67. The Morgan fingerprint density at radius 2 is 1.71 bits per heavy atom. The van der Waals surface area contributed by atoms with Crippen molar-refractivity contribution in [2.45, 2.75) is 59.9 Å². The van der Waals surface area contributed by atoms with Crippen molar-refractivity contribution in [3.63, 3.8) is 0 Å². The fourth-order valence-electron chi connectivity index (χ4n) is 3.96. The van der Waals surface area contributed by atoms with Gasteiger partial charge in [-0.15, -0.1) is 0 Å². The molecule has 0 atom stereocenters. The summed E-state index contributed by atoms with van der Waals surface area (Å²) in [6, 6.07) is 17.2. The molecule has 1 aromatic heterocycles. The van der Waals surface area contributed by atoms with E-state index in [1.165, 1.54) is 6.42 Å². The lowest BCUT2D eigenvalue weighted by molar-refractivity contribution is 0.102. The number of amides is 1. The van der Waals surface area contributed by atoms with E-state index in [4.69, 9.17) is 0 Å². The number of nitrogens with zero attached hydrogens (tertiary/aromatic N) is 1. The fourth-order valence-corrected chi connectivity index (χ4v) is 3.96. The Balaban J connectivity index is 2.13. The Kier molecular flexibility index (Phi) is 7.45. The number of para-hydroxylation sites is 1.